The highest BCUT2D eigenvalue weighted by atomic mass is 35.5. The van der Waals surface area contributed by atoms with E-state index in [9.17, 15) is 0 Å². The van der Waals surface area contributed by atoms with Crippen LogP contribution in [0.5, 0.6) is 5.88 Å². The molecule has 3 N–H and O–H groups in total. The minimum atomic E-state index is -0.463. The Kier molecular flexibility index (Phi) is 4.55. The predicted octanol–water partition coefficient (Wildman–Crippen LogP) is 2.34. The molecule has 1 aromatic heterocycles. The largest absolute Gasteiger partial charge is 0.480 e. The topological polar surface area (TPSA) is 73.1 Å². The van der Waals surface area contributed by atoms with Crippen LogP contribution in [0.25, 0.3) is 0 Å². The van der Waals surface area contributed by atoms with E-state index < -0.39 is 6.04 Å². The smallest absolute Gasteiger partial charge is 0.237 e. The summed E-state index contributed by atoms with van der Waals surface area (Å²) in [6.45, 7) is 0. The van der Waals surface area contributed by atoms with Crippen LogP contribution in [-0.2, 0) is 0 Å². The van der Waals surface area contributed by atoms with Crippen molar-refractivity contribution in [2.45, 2.75) is 6.04 Å². The molecule has 0 radical (unpaired) electrons. The van der Waals surface area contributed by atoms with Crippen molar-refractivity contribution in [3.63, 3.8) is 0 Å². The van der Waals surface area contributed by atoms with E-state index in [0.29, 0.717) is 27.2 Å². The molecule has 0 spiro atoms. The average molecular weight is 299 g/mol. The standard InChI is InChI=1S/C12H12Cl2N4O/c1-19-12-11(16-5-6-17-12)10(18-15)7-3-2-4-8(13)9(7)14/h2-6,10,18H,15H2,1H3. The van der Waals surface area contributed by atoms with Crippen LogP contribution in [0, 0.1) is 0 Å². The second-order valence-corrected chi connectivity index (χ2v) is 4.48. The van der Waals surface area contributed by atoms with E-state index in [2.05, 4.69) is 15.4 Å². The van der Waals surface area contributed by atoms with Gasteiger partial charge in [0.15, 0.2) is 0 Å². The lowest BCUT2D eigenvalue weighted by Crippen LogP contribution is -2.30. The van der Waals surface area contributed by atoms with Gasteiger partial charge in [0.05, 0.1) is 23.2 Å². The fourth-order valence-electron chi connectivity index (χ4n) is 1.75. The second kappa shape index (κ2) is 6.16. The highest BCUT2D eigenvalue weighted by molar-refractivity contribution is 6.42. The number of hydrogen-bond acceptors (Lipinski definition) is 5. The van der Waals surface area contributed by atoms with Gasteiger partial charge in [0.1, 0.15) is 5.69 Å². The molecule has 1 atom stereocenters. The molecule has 0 amide bonds. The highest BCUT2D eigenvalue weighted by Gasteiger charge is 2.22. The van der Waals surface area contributed by atoms with Crippen molar-refractivity contribution in [1.82, 2.24) is 15.4 Å². The molecule has 0 saturated heterocycles. The van der Waals surface area contributed by atoms with Gasteiger partial charge in [0, 0.05) is 12.4 Å². The Balaban J connectivity index is 2.53. The van der Waals surface area contributed by atoms with Gasteiger partial charge in [-0.25, -0.2) is 10.4 Å². The maximum atomic E-state index is 6.20. The number of aromatic nitrogens is 2. The van der Waals surface area contributed by atoms with Gasteiger partial charge in [-0.2, -0.15) is 0 Å². The lowest BCUT2D eigenvalue weighted by Gasteiger charge is -2.19. The molecule has 19 heavy (non-hydrogen) atoms. The van der Waals surface area contributed by atoms with Crippen LogP contribution in [0.4, 0.5) is 0 Å². The van der Waals surface area contributed by atoms with Gasteiger partial charge in [-0.05, 0) is 11.6 Å². The first-order valence-corrected chi connectivity index (χ1v) is 6.19. The zero-order valence-electron chi connectivity index (χ0n) is 10.1. The normalized spacial score (nSPS) is 12.2. The number of benzene rings is 1. The Morgan fingerprint density at radius 2 is 2.00 bits per heavy atom. The predicted molar refractivity (Wildman–Crippen MR) is 74.2 cm³/mol. The summed E-state index contributed by atoms with van der Waals surface area (Å²) in [5, 5.41) is 0.863. The molecule has 2 rings (SSSR count). The van der Waals surface area contributed by atoms with E-state index in [1.54, 1.807) is 18.3 Å². The lowest BCUT2D eigenvalue weighted by atomic mass is 10.0. The number of rotatable bonds is 4. The Morgan fingerprint density at radius 1 is 1.26 bits per heavy atom. The van der Waals surface area contributed by atoms with E-state index in [4.69, 9.17) is 33.8 Å². The van der Waals surface area contributed by atoms with Crippen molar-refractivity contribution in [3.05, 3.63) is 51.9 Å². The average Bonchev–Trinajstić information content (AvgIpc) is 2.45. The SMILES string of the molecule is COc1nccnc1C(NN)c1cccc(Cl)c1Cl. The molecule has 0 aliphatic heterocycles. The number of nitrogens with zero attached hydrogens (tertiary/aromatic N) is 2. The molecule has 1 unspecified atom stereocenters. The maximum absolute atomic E-state index is 6.20. The third-order valence-corrected chi connectivity index (χ3v) is 3.45. The van der Waals surface area contributed by atoms with Crippen molar-refractivity contribution in [1.29, 1.82) is 0 Å². The summed E-state index contributed by atoms with van der Waals surface area (Å²) in [5.74, 6) is 5.98. The molecule has 0 aliphatic rings. The molecule has 5 nitrogen and oxygen atoms in total. The molecule has 100 valence electrons. The van der Waals surface area contributed by atoms with Crippen LogP contribution in [0.2, 0.25) is 10.0 Å². The number of nitrogens with two attached hydrogens (primary N) is 1. The first kappa shape index (κ1) is 14.0. The minimum Gasteiger partial charge on any atom is -0.480 e. The summed E-state index contributed by atoms with van der Waals surface area (Å²) in [4.78, 5) is 8.32. The summed E-state index contributed by atoms with van der Waals surface area (Å²) < 4.78 is 5.17. The van der Waals surface area contributed by atoms with Crippen molar-refractivity contribution in [3.8, 4) is 5.88 Å². The highest BCUT2D eigenvalue weighted by Crippen LogP contribution is 2.34. The van der Waals surface area contributed by atoms with Gasteiger partial charge in [-0.3, -0.25) is 10.8 Å². The fourth-order valence-corrected chi connectivity index (χ4v) is 2.17. The van der Waals surface area contributed by atoms with Crippen molar-refractivity contribution in [2.75, 3.05) is 7.11 Å². The maximum Gasteiger partial charge on any atom is 0.237 e. The summed E-state index contributed by atoms with van der Waals surface area (Å²) >= 11 is 12.2. The van der Waals surface area contributed by atoms with Crippen LogP contribution < -0.4 is 16.0 Å². The van der Waals surface area contributed by atoms with Crippen molar-refractivity contribution < 1.29 is 4.74 Å². The zero-order chi connectivity index (χ0) is 13.8. The molecule has 2 aromatic rings. The molecule has 0 fully saturated rings. The van der Waals surface area contributed by atoms with E-state index in [1.807, 2.05) is 6.07 Å². The molecule has 0 bridgehead atoms. The van der Waals surface area contributed by atoms with Crippen molar-refractivity contribution >= 4 is 23.2 Å². The third-order valence-electron chi connectivity index (χ3n) is 2.62. The quantitative estimate of drug-likeness (QED) is 0.669. The number of nitrogens with one attached hydrogen (secondary N) is 1. The molecule has 0 saturated carbocycles. The first-order valence-electron chi connectivity index (χ1n) is 5.44. The van der Waals surface area contributed by atoms with Gasteiger partial charge >= 0.3 is 0 Å². The lowest BCUT2D eigenvalue weighted by molar-refractivity contribution is 0.383. The van der Waals surface area contributed by atoms with Crippen molar-refractivity contribution in [2.24, 2.45) is 5.84 Å². The summed E-state index contributed by atoms with van der Waals surface area (Å²) in [6, 6.07) is 4.84. The molecule has 1 heterocycles. The first-order chi connectivity index (χ1) is 9.19. The van der Waals surface area contributed by atoms with E-state index in [0.717, 1.165) is 0 Å². The Labute approximate surface area is 120 Å². The van der Waals surface area contributed by atoms with Gasteiger partial charge in [-0.15, -0.1) is 0 Å². The van der Waals surface area contributed by atoms with E-state index in [1.165, 1.54) is 13.3 Å². The van der Waals surface area contributed by atoms with E-state index in [-0.39, 0.29) is 0 Å². The van der Waals surface area contributed by atoms with Crippen LogP contribution in [0.15, 0.2) is 30.6 Å². The number of hydrazine groups is 1. The van der Waals surface area contributed by atoms with Gasteiger partial charge < -0.3 is 4.74 Å². The molecule has 1 aromatic carbocycles. The van der Waals surface area contributed by atoms with Gasteiger partial charge in [0.25, 0.3) is 0 Å². The van der Waals surface area contributed by atoms with Crippen LogP contribution in [0.1, 0.15) is 17.3 Å². The number of halogens is 2. The Hall–Kier alpha value is -1.40. The van der Waals surface area contributed by atoms with E-state index >= 15 is 0 Å². The van der Waals surface area contributed by atoms with Gasteiger partial charge in [-0.1, -0.05) is 35.3 Å². The van der Waals surface area contributed by atoms with Crippen LogP contribution in [0.3, 0.4) is 0 Å². The Bertz CT molecular complexity index is 579. The Morgan fingerprint density at radius 3 is 2.68 bits per heavy atom. The fraction of sp³-hybridized carbons (Fsp3) is 0.167. The number of hydrogen-bond donors (Lipinski definition) is 2. The molecular weight excluding hydrogens is 287 g/mol. The summed E-state index contributed by atoms with van der Waals surface area (Å²) in [6.07, 6.45) is 3.09. The zero-order valence-corrected chi connectivity index (χ0v) is 11.6. The minimum absolute atomic E-state index is 0.376. The number of methoxy groups -OCH3 is 1. The number of ether oxygens (including phenoxy) is 1. The molecular formula is C12H12Cl2N4O. The van der Waals surface area contributed by atoms with Gasteiger partial charge in [0.2, 0.25) is 5.88 Å². The molecule has 7 heteroatoms. The summed E-state index contributed by atoms with van der Waals surface area (Å²) in [5.41, 5.74) is 3.89. The second-order valence-electron chi connectivity index (χ2n) is 3.69. The van der Waals surface area contributed by atoms with Crippen LogP contribution >= 0.6 is 23.2 Å². The molecule has 0 aliphatic carbocycles. The summed E-state index contributed by atoms with van der Waals surface area (Å²) in [7, 11) is 1.51. The van der Waals surface area contributed by atoms with Crippen LogP contribution in [-0.4, -0.2) is 17.1 Å². The monoisotopic (exact) mass is 298 g/mol. The third kappa shape index (κ3) is 2.79.